The molecule has 0 radical (unpaired) electrons. The van der Waals surface area contributed by atoms with Crippen LogP contribution in [-0.2, 0) is 0 Å². The molecule has 0 spiro atoms. The molecular formula is C60H46N2OSi. The molecule has 3 nitrogen and oxygen atoms in total. The first kappa shape index (κ1) is 38.0. The minimum atomic E-state index is -2.54. The van der Waals surface area contributed by atoms with E-state index in [2.05, 4.69) is 222 Å². The van der Waals surface area contributed by atoms with Crippen molar-refractivity contribution in [3.8, 4) is 11.1 Å². The van der Waals surface area contributed by atoms with Crippen molar-refractivity contribution in [3.63, 3.8) is 0 Å². The zero-order valence-corrected chi connectivity index (χ0v) is 36.6. The van der Waals surface area contributed by atoms with Crippen LogP contribution < -0.4 is 15.3 Å². The quantitative estimate of drug-likeness (QED) is 0.142. The molecule has 0 unspecified atom stereocenters. The third-order valence-corrected chi connectivity index (χ3v) is 18.8. The zero-order chi connectivity index (χ0) is 42.5. The maximum absolute atomic E-state index is 6.29. The summed E-state index contributed by atoms with van der Waals surface area (Å²) in [6.07, 6.45) is 17.8. The monoisotopic (exact) mass is 838 g/mol. The summed E-state index contributed by atoms with van der Waals surface area (Å²) in [6, 6.07) is 71.1. The first-order valence-electron chi connectivity index (χ1n) is 22.5. The Bertz CT molecular complexity index is 3390. The van der Waals surface area contributed by atoms with Crippen LogP contribution in [0.1, 0.15) is 25.7 Å². The fourth-order valence-corrected chi connectivity index (χ4v) is 16.1. The molecule has 0 aliphatic heterocycles. The van der Waals surface area contributed by atoms with E-state index in [-0.39, 0.29) is 0 Å². The Morgan fingerprint density at radius 1 is 0.469 bits per heavy atom. The lowest BCUT2D eigenvalue weighted by Crippen LogP contribution is -2.62. The Hall–Kier alpha value is -7.66. The summed E-state index contributed by atoms with van der Waals surface area (Å²) in [5.41, 5.74) is 10.4. The molecule has 12 rings (SSSR count). The minimum absolute atomic E-state index is 0.839. The van der Waals surface area contributed by atoms with Crippen molar-refractivity contribution in [3.05, 3.63) is 247 Å². The Labute approximate surface area is 374 Å². The minimum Gasteiger partial charge on any atom is -0.464 e. The topological polar surface area (TPSA) is 20.8 Å². The Kier molecular flexibility index (Phi) is 9.46. The van der Waals surface area contributed by atoms with Gasteiger partial charge in [0.2, 0.25) is 0 Å². The number of hydrogen-bond acceptors (Lipinski definition) is 2. The molecule has 2 aliphatic carbocycles. The SMILES string of the molecule is C1=CCCC([Si](C2=CC=C(N(c3cccc4ccccc4occ3)c3ccc(-c4cc5c6ccccc6n6c7ccccc7c(c4)c56)cc3)CC2)(c2ccccc2)c2ccccc2)=C1. The molecule has 0 saturated heterocycles. The summed E-state index contributed by atoms with van der Waals surface area (Å²) >= 11 is 0. The molecule has 0 amide bonds. The van der Waals surface area contributed by atoms with Gasteiger partial charge in [-0.25, -0.2) is 0 Å². The predicted molar refractivity (Wildman–Crippen MR) is 272 cm³/mol. The molecule has 0 fully saturated rings. The van der Waals surface area contributed by atoms with E-state index in [9.17, 15) is 0 Å². The highest BCUT2D eigenvalue weighted by Gasteiger charge is 2.44. The van der Waals surface area contributed by atoms with Crippen LogP contribution in [0.25, 0.3) is 60.2 Å². The number of fused-ring (bicyclic) bond motifs is 7. The molecular weight excluding hydrogens is 793 g/mol. The third kappa shape index (κ3) is 6.24. The normalized spacial score (nSPS) is 14.2. The summed E-state index contributed by atoms with van der Waals surface area (Å²) in [6.45, 7) is 0. The Balaban J connectivity index is 1.01. The number of rotatable bonds is 8. The van der Waals surface area contributed by atoms with Crippen LogP contribution in [-0.4, -0.2) is 12.5 Å². The molecule has 10 aromatic rings. The fraction of sp³-hybridized carbons (Fsp3) is 0.0667. The van der Waals surface area contributed by atoms with Crippen LogP contribution in [0.3, 0.4) is 0 Å². The van der Waals surface area contributed by atoms with Gasteiger partial charge < -0.3 is 13.7 Å². The molecule has 4 heteroatoms. The van der Waals surface area contributed by atoms with E-state index in [1.54, 1.807) is 10.4 Å². The van der Waals surface area contributed by atoms with E-state index in [4.69, 9.17) is 4.42 Å². The van der Waals surface area contributed by atoms with E-state index in [1.165, 1.54) is 65.3 Å². The molecule has 0 atom stereocenters. The second kappa shape index (κ2) is 15.9. The zero-order valence-electron chi connectivity index (χ0n) is 35.6. The van der Waals surface area contributed by atoms with Gasteiger partial charge in [-0.1, -0.05) is 174 Å². The number of nitrogens with zero attached hydrogens (tertiary/aromatic N) is 2. The van der Waals surface area contributed by atoms with Crippen molar-refractivity contribution in [1.82, 2.24) is 4.40 Å². The van der Waals surface area contributed by atoms with E-state index in [1.807, 2.05) is 18.4 Å². The lowest BCUT2D eigenvalue weighted by molar-refractivity contribution is 0.606. The number of benzene rings is 7. The van der Waals surface area contributed by atoms with Crippen molar-refractivity contribution in [1.29, 1.82) is 0 Å². The van der Waals surface area contributed by atoms with Crippen LogP contribution in [0.4, 0.5) is 11.4 Å². The Morgan fingerprint density at radius 2 is 1.08 bits per heavy atom. The Morgan fingerprint density at radius 3 is 1.73 bits per heavy atom. The molecule has 0 N–H and O–H groups in total. The summed E-state index contributed by atoms with van der Waals surface area (Å²) in [4.78, 5) is 2.43. The number of allylic oxidation sites excluding steroid dienone is 8. The van der Waals surface area contributed by atoms with Gasteiger partial charge in [0, 0.05) is 44.0 Å². The van der Waals surface area contributed by atoms with E-state index >= 15 is 0 Å². The summed E-state index contributed by atoms with van der Waals surface area (Å²) in [7, 11) is -2.54. The highest BCUT2D eigenvalue weighted by Crippen LogP contribution is 2.43. The van der Waals surface area contributed by atoms with Crippen LogP contribution in [0.2, 0.25) is 0 Å². The van der Waals surface area contributed by atoms with Crippen LogP contribution >= 0.6 is 0 Å². The molecule has 2 aliphatic rings. The average molecular weight is 839 g/mol. The van der Waals surface area contributed by atoms with Crippen LogP contribution in [0, 0.1) is 0 Å². The van der Waals surface area contributed by atoms with Gasteiger partial charge in [0.25, 0.3) is 0 Å². The smallest absolute Gasteiger partial charge is 0.171 e. The van der Waals surface area contributed by atoms with Crippen molar-refractivity contribution >= 4 is 78.9 Å². The molecule has 306 valence electrons. The van der Waals surface area contributed by atoms with Crippen molar-refractivity contribution < 1.29 is 4.42 Å². The first-order chi connectivity index (χ1) is 31.8. The summed E-state index contributed by atoms with van der Waals surface area (Å²) in [5, 5.41) is 12.2. The largest absolute Gasteiger partial charge is 0.464 e. The molecule has 3 heterocycles. The van der Waals surface area contributed by atoms with Crippen LogP contribution in [0.15, 0.2) is 251 Å². The molecule has 64 heavy (non-hydrogen) atoms. The van der Waals surface area contributed by atoms with Crippen molar-refractivity contribution in [2.75, 3.05) is 4.90 Å². The average Bonchev–Trinajstić information content (AvgIpc) is 3.91. The molecule has 0 saturated carbocycles. The summed E-state index contributed by atoms with van der Waals surface area (Å²) < 4.78 is 8.73. The van der Waals surface area contributed by atoms with Gasteiger partial charge in [0.15, 0.2) is 8.07 Å². The highest BCUT2D eigenvalue weighted by molar-refractivity contribution is 7.12. The van der Waals surface area contributed by atoms with E-state index < -0.39 is 8.07 Å². The van der Waals surface area contributed by atoms with Crippen molar-refractivity contribution in [2.24, 2.45) is 0 Å². The first-order valence-corrected chi connectivity index (χ1v) is 24.5. The lowest BCUT2D eigenvalue weighted by Gasteiger charge is -2.40. The van der Waals surface area contributed by atoms with Gasteiger partial charge in [-0.2, -0.15) is 0 Å². The van der Waals surface area contributed by atoms with E-state index in [0.29, 0.717) is 0 Å². The lowest BCUT2D eigenvalue weighted by atomic mass is 9.99. The standard InChI is InChI=1S/C60H46N2OSi/c1-4-20-49(21-5-1)64(50-22-6-2-7-23-50,51-24-8-3-9-25-51)52-37-35-48(36-38-52)61(46-19-16-18-44-17-10-15-30-59(44)63-40-39-46)47-33-31-43(32-34-47)45-41-55-53-26-11-13-28-57(53)62-58-29-14-12-27-54(58)56(42-45)60(55)62/h1-8,10-24,26-35,37,39-42H,9,25,36,38H2. The van der Waals surface area contributed by atoms with Gasteiger partial charge in [0.05, 0.1) is 22.8 Å². The maximum Gasteiger partial charge on any atom is 0.171 e. The number of hydrogen-bond donors (Lipinski definition) is 0. The van der Waals surface area contributed by atoms with Crippen molar-refractivity contribution in [2.45, 2.75) is 25.7 Å². The second-order valence-corrected chi connectivity index (χ2v) is 21.0. The van der Waals surface area contributed by atoms with Gasteiger partial charge in [-0.3, -0.25) is 0 Å². The molecule has 7 aromatic carbocycles. The number of anilines is 2. The third-order valence-electron chi connectivity index (χ3n) is 13.6. The fourth-order valence-electron chi connectivity index (χ4n) is 10.8. The second-order valence-electron chi connectivity index (χ2n) is 17.1. The maximum atomic E-state index is 6.29. The highest BCUT2D eigenvalue weighted by atomic mass is 28.3. The molecule has 3 aromatic heterocycles. The van der Waals surface area contributed by atoms with Gasteiger partial charge >= 0.3 is 0 Å². The van der Waals surface area contributed by atoms with Gasteiger partial charge in [0.1, 0.15) is 5.58 Å². The van der Waals surface area contributed by atoms with E-state index in [0.717, 1.165) is 48.0 Å². The summed E-state index contributed by atoms with van der Waals surface area (Å²) in [5.74, 6) is 0. The van der Waals surface area contributed by atoms with Gasteiger partial charge in [-0.05, 0) is 108 Å². The number of aromatic nitrogens is 1. The number of para-hydroxylation sites is 3. The molecule has 0 bridgehead atoms. The van der Waals surface area contributed by atoms with Gasteiger partial charge in [-0.15, -0.1) is 0 Å². The predicted octanol–water partition coefficient (Wildman–Crippen LogP) is 14.7. The van der Waals surface area contributed by atoms with Crippen LogP contribution in [0.5, 0.6) is 0 Å².